The Morgan fingerprint density at radius 3 is 2.52 bits per heavy atom. The van der Waals surface area contributed by atoms with Crippen molar-refractivity contribution in [1.29, 1.82) is 0 Å². The van der Waals surface area contributed by atoms with Gasteiger partial charge in [-0.25, -0.2) is 12.8 Å². The molecule has 1 unspecified atom stereocenters. The molecule has 1 heterocycles. The number of piperidine rings is 1. The third-order valence-electron chi connectivity index (χ3n) is 3.77. The Morgan fingerprint density at radius 1 is 1.33 bits per heavy atom. The van der Waals surface area contributed by atoms with Gasteiger partial charge in [0, 0.05) is 19.7 Å². The highest BCUT2D eigenvalue weighted by atomic mass is 32.2. The quantitative estimate of drug-likeness (QED) is 0.858. The van der Waals surface area contributed by atoms with Gasteiger partial charge in [0.25, 0.3) is 0 Å². The summed E-state index contributed by atoms with van der Waals surface area (Å²) in [6, 6.07) is 2.54. The minimum Gasteiger partial charge on any atom is -0.377 e. The van der Waals surface area contributed by atoms with E-state index in [0.717, 1.165) is 12.8 Å². The summed E-state index contributed by atoms with van der Waals surface area (Å²) in [5, 5.41) is 0. The normalized spacial score (nSPS) is 20.7. The van der Waals surface area contributed by atoms with E-state index in [1.54, 1.807) is 13.8 Å². The van der Waals surface area contributed by atoms with Crippen LogP contribution in [0.5, 0.6) is 0 Å². The minimum absolute atomic E-state index is 0.0559. The van der Waals surface area contributed by atoms with Crippen LogP contribution in [-0.2, 0) is 14.8 Å². The highest BCUT2D eigenvalue weighted by molar-refractivity contribution is 7.89. The lowest BCUT2D eigenvalue weighted by Gasteiger charge is -2.32. The monoisotopic (exact) mass is 315 g/mol. The predicted molar refractivity (Wildman–Crippen MR) is 79.3 cm³/mol. The molecule has 2 rings (SSSR count). The number of nitrogens with zero attached hydrogens (tertiary/aromatic N) is 1. The van der Waals surface area contributed by atoms with E-state index >= 15 is 0 Å². The molecule has 0 spiro atoms. The topological polar surface area (TPSA) is 46.6 Å². The minimum atomic E-state index is -3.60. The standard InChI is InChI=1S/C15H22FNO3S/c1-4-20-14-6-5-7-17(10-14)21(18,19)15-11(2)8-13(16)9-12(15)3/h8-9,14H,4-7,10H2,1-3H3. The van der Waals surface area contributed by atoms with Gasteiger partial charge in [-0.2, -0.15) is 4.31 Å². The smallest absolute Gasteiger partial charge is 0.243 e. The van der Waals surface area contributed by atoms with Crippen molar-refractivity contribution < 1.29 is 17.5 Å². The molecule has 0 aliphatic carbocycles. The van der Waals surface area contributed by atoms with Gasteiger partial charge in [0.05, 0.1) is 11.0 Å². The van der Waals surface area contributed by atoms with Gasteiger partial charge >= 0.3 is 0 Å². The Balaban J connectivity index is 2.34. The van der Waals surface area contributed by atoms with Crippen molar-refractivity contribution in [2.75, 3.05) is 19.7 Å². The molecule has 21 heavy (non-hydrogen) atoms. The third-order valence-corrected chi connectivity index (χ3v) is 5.94. The van der Waals surface area contributed by atoms with Gasteiger partial charge in [0.15, 0.2) is 0 Å². The first-order chi connectivity index (χ1) is 9.86. The van der Waals surface area contributed by atoms with Crippen LogP contribution in [0.1, 0.15) is 30.9 Å². The van der Waals surface area contributed by atoms with E-state index in [9.17, 15) is 12.8 Å². The molecule has 1 saturated heterocycles. The summed E-state index contributed by atoms with van der Waals surface area (Å²) < 4.78 is 46.1. The fraction of sp³-hybridized carbons (Fsp3) is 0.600. The number of rotatable bonds is 4. The molecule has 1 fully saturated rings. The van der Waals surface area contributed by atoms with Gasteiger partial charge in [-0.15, -0.1) is 0 Å². The van der Waals surface area contributed by atoms with Crippen molar-refractivity contribution in [2.24, 2.45) is 0 Å². The number of ether oxygens (including phenoxy) is 1. The number of hydrogen-bond acceptors (Lipinski definition) is 3. The average Bonchev–Trinajstić information content (AvgIpc) is 2.37. The van der Waals surface area contributed by atoms with Crippen molar-refractivity contribution >= 4 is 10.0 Å². The molecule has 6 heteroatoms. The molecule has 0 aromatic heterocycles. The third kappa shape index (κ3) is 3.44. The number of halogens is 1. The second-order valence-corrected chi connectivity index (χ2v) is 7.33. The molecule has 1 aliphatic heterocycles. The van der Waals surface area contributed by atoms with Crippen LogP contribution >= 0.6 is 0 Å². The zero-order valence-electron chi connectivity index (χ0n) is 12.7. The summed E-state index contributed by atoms with van der Waals surface area (Å²) in [6.07, 6.45) is 1.60. The van der Waals surface area contributed by atoms with Gasteiger partial charge in [-0.3, -0.25) is 0 Å². The van der Waals surface area contributed by atoms with Crippen molar-refractivity contribution in [3.05, 3.63) is 29.1 Å². The average molecular weight is 315 g/mol. The Labute approximate surface area is 126 Å². The molecule has 0 radical (unpaired) electrons. The van der Waals surface area contributed by atoms with Crippen molar-refractivity contribution in [1.82, 2.24) is 4.31 Å². The second-order valence-electron chi connectivity index (χ2n) is 5.45. The lowest BCUT2D eigenvalue weighted by Crippen LogP contribution is -2.43. The maximum atomic E-state index is 13.4. The first-order valence-corrected chi connectivity index (χ1v) is 8.68. The molecule has 4 nitrogen and oxygen atoms in total. The first kappa shape index (κ1) is 16.4. The highest BCUT2D eigenvalue weighted by Gasteiger charge is 2.32. The van der Waals surface area contributed by atoms with Crippen LogP contribution in [0.25, 0.3) is 0 Å². The molecule has 0 bridgehead atoms. The molecule has 0 amide bonds. The second kappa shape index (κ2) is 6.42. The Morgan fingerprint density at radius 2 is 1.95 bits per heavy atom. The molecular formula is C15H22FNO3S. The van der Waals surface area contributed by atoms with Crippen LogP contribution in [-0.4, -0.2) is 38.5 Å². The van der Waals surface area contributed by atoms with Gasteiger partial charge in [-0.1, -0.05) is 0 Å². The summed E-state index contributed by atoms with van der Waals surface area (Å²) in [5.41, 5.74) is 0.900. The Hall–Kier alpha value is -0.980. The zero-order valence-corrected chi connectivity index (χ0v) is 13.5. The molecule has 0 N–H and O–H groups in total. The van der Waals surface area contributed by atoms with E-state index in [-0.39, 0.29) is 11.0 Å². The highest BCUT2D eigenvalue weighted by Crippen LogP contribution is 2.27. The van der Waals surface area contributed by atoms with E-state index in [0.29, 0.717) is 30.8 Å². The molecule has 118 valence electrons. The van der Waals surface area contributed by atoms with Gasteiger partial charge in [0.2, 0.25) is 10.0 Å². The molecule has 0 saturated carbocycles. The maximum absolute atomic E-state index is 13.4. The summed E-state index contributed by atoms with van der Waals surface area (Å²) in [7, 11) is -3.60. The zero-order chi connectivity index (χ0) is 15.6. The summed E-state index contributed by atoms with van der Waals surface area (Å²) in [6.45, 7) is 6.60. The maximum Gasteiger partial charge on any atom is 0.243 e. The number of hydrogen-bond donors (Lipinski definition) is 0. The van der Waals surface area contributed by atoms with Crippen LogP contribution in [0.15, 0.2) is 17.0 Å². The van der Waals surface area contributed by atoms with Crippen LogP contribution in [0.4, 0.5) is 4.39 Å². The number of aryl methyl sites for hydroxylation is 2. The molecular weight excluding hydrogens is 293 g/mol. The summed E-state index contributed by atoms with van der Waals surface area (Å²) in [5.74, 6) is -0.408. The SMILES string of the molecule is CCOC1CCCN(S(=O)(=O)c2c(C)cc(F)cc2C)C1. The molecule has 1 aromatic rings. The van der Waals surface area contributed by atoms with E-state index in [1.807, 2.05) is 6.92 Å². The van der Waals surface area contributed by atoms with E-state index in [2.05, 4.69) is 0 Å². The van der Waals surface area contributed by atoms with Crippen molar-refractivity contribution in [2.45, 2.75) is 44.6 Å². The Bertz CT molecular complexity index is 590. The molecule has 1 aliphatic rings. The van der Waals surface area contributed by atoms with E-state index < -0.39 is 15.8 Å². The predicted octanol–water partition coefficient (Wildman–Crippen LogP) is 2.63. The van der Waals surface area contributed by atoms with Gasteiger partial charge in [-0.05, 0) is 56.9 Å². The number of sulfonamides is 1. The van der Waals surface area contributed by atoms with E-state index in [4.69, 9.17) is 4.74 Å². The van der Waals surface area contributed by atoms with Crippen molar-refractivity contribution in [3.63, 3.8) is 0 Å². The molecule has 1 atom stereocenters. The number of benzene rings is 1. The largest absolute Gasteiger partial charge is 0.377 e. The fourth-order valence-corrected chi connectivity index (χ4v) is 4.85. The van der Waals surface area contributed by atoms with Crippen LogP contribution < -0.4 is 0 Å². The van der Waals surface area contributed by atoms with Crippen LogP contribution in [0.2, 0.25) is 0 Å². The lowest BCUT2D eigenvalue weighted by atomic mass is 10.1. The Kier molecular flexibility index (Phi) is 5.01. The van der Waals surface area contributed by atoms with E-state index in [1.165, 1.54) is 16.4 Å². The lowest BCUT2D eigenvalue weighted by molar-refractivity contribution is 0.0265. The van der Waals surface area contributed by atoms with Gasteiger partial charge in [0.1, 0.15) is 5.82 Å². The van der Waals surface area contributed by atoms with Gasteiger partial charge < -0.3 is 4.74 Å². The fourth-order valence-electron chi connectivity index (χ4n) is 2.93. The van der Waals surface area contributed by atoms with Crippen LogP contribution in [0.3, 0.4) is 0 Å². The van der Waals surface area contributed by atoms with Crippen LogP contribution in [0, 0.1) is 19.7 Å². The first-order valence-electron chi connectivity index (χ1n) is 7.24. The van der Waals surface area contributed by atoms with Crippen molar-refractivity contribution in [3.8, 4) is 0 Å². The summed E-state index contributed by atoms with van der Waals surface area (Å²) in [4.78, 5) is 0.223. The molecule has 1 aromatic carbocycles. The summed E-state index contributed by atoms with van der Waals surface area (Å²) >= 11 is 0.